The first kappa shape index (κ1) is 16.7. The average molecular weight is 326 g/mol. The van der Waals surface area contributed by atoms with E-state index in [9.17, 15) is 0 Å². The lowest BCUT2D eigenvalue weighted by Gasteiger charge is -2.30. The minimum atomic E-state index is 0. The summed E-state index contributed by atoms with van der Waals surface area (Å²) in [5.74, 6) is 0.783. The van der Waals surface area contributed by atoms with E-state index in [0.717, 1.165) is 24.5 Å². The van der Waals surface area contributed by atoms with Crippen molar-refractivity contribution in [2.45, 2.75) is 25.8 Å². The molecule has 2 aromatic rings. The van der Waals surface area contributed by atoms with Gasteiger partial charge in [-0.3, -0.25) is 4.90 Å². The number of para-hydroxylation sites is 1. The smallest absolute Gasteiger partial charge is 0.111 e. The van der Waals surface area contributed by atoms with Crippen LogP contribution in [-0.4, -0.2) is 36.6 Å². The normalized spacial score (nSPS) is 20.4. The zero-order valence-electron chi connectivity index (χ0n) is 12.7. The summed E-state index contributed by atoms with van der Waals surface area (Å²) in [7, 11) is 2.23. The van der Waals surface area contributed by atoms with Crippen molar-refractivity contribution >= 4 is 34.0 Å². The number of fused-ring (bicyclic) bond motifs is 1. The number of rotatable bonds is 4. The summed E-state index contributed by atoms with van der Waals surface area (Å²) >= 11 is 1.83. The molecule has 0 radical (unpaired) electrons. The molecular weight excluding hydrogens is 302 g/mol. The molecule has 3 nitrogen and oxygen atoms in total. The van der Waals surface area contributed by atoms with E-state index in [0.29, 0.717) is 6.04 Å². The minimum Gasteiger partial charge on any atom is -0.316 e. The van der Waals surface area contributed by atoms with Gasteiger partial charge in [0.25, 0.3) is 0 Å². The summed E-state index contributed by atoms with van der Waals surface area (Å²) in [4.78, 5) is 7.24. The predicted molar refractivity (Wildman–Crippen MR) is 93.5 cm³/mol. The molecule has 0 aliphatic carbocycles. The van der Waals surface area contributed by atoms with Gasteiger partial charge in [-0.25, -0.2) is 4.98 Å². The molecule has 0 saturated carbocycles. The maximum atomic E-state index is 4.79. The van der Waals surface area contributed by atoms with Gasteiger partial charge in [0.2, 0.25) is 0 Å². The second-order valence-electron chi connectivity index (χ2n) is 5.85. The highest BCUT2D eigenvalue weighted by Crippen LogP contribution is 2.29. The lowest BCUT2D eigenvalue weighted by atomic mass is 9.99. The highest BCUT2D eigenvalue weighted by molar-refractivity contribution is 7.18. The number of halogens is 1. The molecule has 21 heavy (non-hydrogen) atoms. The van der Waals surface area contributed by atoms with Crippen molar-refractivity contribution in [1.82, 2.24) is 15.2 Å². The van der Waals surface area contributed by atoms with Crippen molar-refractivity contribution in [3.63, 3.8) is 0 Å². The number of benzene rings is 1. The first-order chi connectivity index (χ1) is 9.74. The number of hydrogen-bond acceptors (Lipinski definition) is 4. The number of nitrogens with one attached hydrogen (secondary N) is 1. The van der Waals surface area contributed by atoms with Gasteiger partial charge in [-0.2, -0.15) is 0 Å². The summed E-state index contributed by atoms with van der Waals surface area (Å²) in [6, 6.07) is 8.82. The van der Waals surface area contributed by atoms with Gasteiger partial charge in [-0.1, -0.05) is 12.1 Å². The molecule has 1 saturated heterocycles. The van der Waals surface area contributed by atoms with Gasteiger partial charge in [0.15, 0.2) is 0 Å². The molecule has 0 bridgehead atoms. The zero-order chi connectivity index (χ0) is 13.9. The second kappa shape index (κ2) is 7.54. The van der Waals surface area contributed by atoms with Crippen LogP contribution in [0.15, 0.2) is 24.3 Å². The first-order valence-electron chi connectivity index (χ1n) is 7.50. The monoisotopic (exact) mass is 325 g/mol. The Bertz CT molecular complexity index is 532. The highest BCUT2D eigenvalue weighted by Gasteiger charge is 2.20. The van der Waals surface area contributed by atoms with Crippen molar-refractivity contribution in [3.05, 3.63) is 29.3 Å². The molecule has 1 aliphatic heterocycles. The molecule has 1 N–H and O–H groups in total. The van der Waals surface area contributed by atoms with Crippen LogP contribution in [-0.2, 0) is 0 Å². The van der Waals surface area contributed by atoms with Gasteiger partial charge in [-0.15, -0.1) is 23.7 Å². The fourth-order valence-corrected chi connectivity index (χ4v) is 3.99. The quantitative estimate of drug-likeness (QED) is 0.928. The lowest BCUT2D eigenvalue weighted by Crippen LogP contribution is -2.37. The number of aromatic nitrogens is 1. The van der Waals surface area contributed by atoms with Crippen LogP contribution in [0, 0.1) is 5.92 Å². The Labute approximate surface area is 137 Å². The van der Waals surface area contributed by atoms with E-state index in [1.165, 1.54) is 29.1 Å². The molecule has 1 fully saturated rings. The minimum absolute atomic E-state index is 0. The van der Waals surface area contributed by atoms with Crippen molar-refractivity contribution in [2.24, 2.45) is 5.92 Å². The third-order valence-corrected chi connectivity index (χ3v) is 5.48. The van der Waals surface area contributed by atoms with Crippen LogP contribution in [0.25, 0.3) is 10.2 Å². The van der Waals surface area contributed by atoms with E-state index < -0.39 is 0 Å². The van der Waals surface area contributed by atoms with Crippen LogP contribution in [0.5, 0.6) is 0 Å². The molecular formula is C16H24ClN3S. The predicted octanol–water partition coefficient (Wildman–Crippen LogP) is 3.71. The average Bonchev–Trinajstić information content (AvgIpc) is 2.91. The van der Waals surface area contributed by atoms with E-state index >= 15 is 0 Å². The van der Waals surface area contributed by atoms with E-state index in [1.54, 1.807) is 0 Å². The SMILES string of the molecule is CC(c1nc2ccccc2s1)N(C)CC1CCCNC1.Cl. The van der Waals surface area contributed by atoms with Crippen LogP contribution < -0.4 is 5.32 Å². The second-order valence-corrected chi connectivity index (χ2v) is 6.91. The number of piperidine rings is 1. The van der Waals surface area contributed by atoms with Gasteiger partial charge < -0.3 is 5.32 Å². The van der Waals surface area contributed by atoms with E-state index in [-0.39, 0.29) is 12.4 Å². The van der Waals surface area contributed by atoms with E-state index in [2.05, 4.69) is 48.5 Å². The van der Waals surface area contributed by atoms with Crippen molar-refractivity contribution in [2.75, 3.05) is 26.7 Å². The summed E-state index contributed by atoms with van der Waals surface area (Å²) in [6.45, 7) is 5.78. The highest BCUT2D eigenvalue weighted by atomic mass is 35.5. The van der Waals surface area contributed by atoms with E-state index in [1.807, 2.05) is 11.3 Å². The van der Waals surface area contributed by atoms with Gasteiger partial charge in [0.1, 0.15) is 5.01 Å². The molecule has 3 rings (SSSR count). The van der Waals surface area contributed by atoms with Gasteiger partial charge in [0, 0.05) is 6.54 Å². The molecule has 2 atom stereocenters. The lowest BCUT2D eigenvalue weighted by molar-refractivity contribution is 0.199. The van der Waals surface area contributed by atoms with E-state index in [4.69, 9.17) is 4.98 Å². The number of thiazole rings is 1. The maximum absolute atomic E-state index is 4.79. The fraction of sp³-hybridized carbons (Fsp3) is 0.562. The molecule has 2 heterocycles. The van der Waals surface area contributed by atoms with Crippen molar-refractivity contribution in [1.29, 1.82) is 0 Å². The molecule has 1 aliphatic rings. The van der Waals surface area contributed by atoms with Crippen molar-refractivity contribution in [3.8, 4) is 0 Å². The Kier molecular flexibility index (Phi) is 5.99. The Morgan fingerprint density at radius 3 is 2.95 bits per heavy atom. The Hall–Kier alpha value is -0.680. The Morgan fingerprint density at radius 1 is 1.43 bits per heavy atom. The van der Waals surface area contributed by atoms with Gasteiger partial charge in [0.05, 0.1) is 16.3 Å². The van der Waals surface area contributed by atoms with Gasteiger partial charge in [-0.05, 0) is 58.0 Å². The van der Waals surface area contributed by atoms with Crippen LogP contribution in [0.1, 0.15) is 30.8 Å². The van der Waals surface area contributed by atoms with Crippen LogP contribution >= 0.6 is 23.7 Å². The fourth-order valence-electron chi connectivity index (χ4n) is 2.90. The molecule has 116 valence electrons. The first-order valence-corrected chi connectivity index (χ1v) is 8.32. The topological polar surface area (TPSA) is 28.2 Å². The Balaban J connectivity index is 0.00000161. The molecule has 1 aromatic heterocycles. The Morgan fingerprint density at radius 2 is 2.24 bits per heavy atom. The third-order valence-electron chi connectivity index (χ3n) is 4.27. The largest absolute Gasteiger partial charge is 0.316 e. The van der Waals surface area contributed by atoms with Crippen LogP contribution in [0.4, 0.5) is 0 Å². The van der Waals surface area contributed by atoms with Crippen LogP contribution in [0.3, 0.4) is 0 Å². The third kappa shape index (κ3) is 3.95. The summed E-state index contributed by atoms with van der Waals surface area (Å²) < 4.78 is 1.29. The standard InChI is InChI=1S/C16H23N3S.ClH/c1-12(19(2)11-13-6-5-9-17-10-13)16-18-14-7-3-4-8-15(14)20-16;/h3-4,7-8,12-13,17H,5-6,9-11H2,1-2H3;1H. The molecule has 2 unspecified atom stereocenters. The summed E-state index contributed by atoms with van der Waals surface area (Å²) in [5, 5.41) is 4.73. The number of hydrogen-bond donors (Lipinski definition) is 1. The maximum Gasteiger partial charge on any atom is 0.111 e. The zero-order valence-corrected chi connectivity index (χ0v) is 14.3. The van der Waals surface area contributed by atoms with Gasteiger partial charge >= 0.3 is 0 Å². The summed E-state index contributed by atoms with van der Waals surface area (Å²) in [6.07, 6.45) is 2.66. The molecule has 1 aromatic carbocycles. The summed E-state index contributed by atoms with van der Waals surface area (Å²) in [5.41, 5.74) is 1.13. The molecule has 0 amide bonds. The number of nitrogens with zero attached hydrogens (tertiary/aromatic N) is 2. The molecule has 5 heteroatoms. The molecule has 0 spiro atoms. The van der Waals surface area contributed by atoms with Crippen LogP contribution in [0.2, 0.25) is 0 Å². The van der Waals surface area contributed by atoms with Crippen molar-refractivity contribution < 1.29 is 0 Å².